The van der Waals surface area contributed by atoms with Crippen LogP contribution in [0.15, 0.2) is 46.6 Å². The molecule has 2 rings (SSSR count). The zero-order chi connectivity index (χ0) is 19.1. The minimum absolute atomic E-state index is 0.184. The van der Waals surface area contributed by atoms with E-state index in [4.69, 9.17) is 14.4 Å². The number of benzene rings is 1. The second-order valence-electron chi connectivity index (χ2n) is 5.07. The first-order valence-electron chi connectivity index (χ1n) is 7.28. The average Bonchev–Trinajstić information content (AvgIpc) is 3.12. The average molecular weight is 355 g/mol. The van der Waals surface area contributed by atoms with Crippen molar-refractivity contribution in [1.82, 2.24) is 0 Å². The molecule has 2 aromatic rings. The van der Waals surface area contributed by atoms with Crippen molar-refractivity contribution in [2.24, 2.45) is 0 Å². The summed E-state index contributed by atoms with van der Waals surface area (Å²) in [6, 6.07) is 8.79. The number of amides is 1. The molecular weight excluding hydrogens is 342 g/mol. The number of nitrogens with one attached hydrogen (secondary N) is 1. The lowest BCUT2D eigenvalue weighted by atomic mass is 10.2. The van der Waals surface area contributed by atoms with Gasteiger partial charge in [-0.25, -0.2) is 4.79 Å². The molecule has 0 saturated heterocycles. The smallest absolute Gasteiger partial charge is 0.349 e. The Labute approximate surface area is 147 Å². The monoisotopic (exact) mass is 355 g/mol. The Morgan fingerprint density at radius 1 is 1.42 bits per heavy atom. The predicted molar refractivity (Wildman–Crippen MR) is 89.7 cm³/mol. The third-order valence-corrected chi connectivity index (χ3v) is 3.21. The molecule has 0 fully saturated rings. The Hall–Kier alpha value is -3.93. The van der Waals surface area contributed by atoms with Gasteiger partial charge in [0.25, 0.3) is 11.6 Å². The highest BCUT2D eigenvalue weighted by molar-refractivity contribution is 6.00. The van der Waals surface area contributed by atoms with Crippen LogP contribution in [0.1, 0.15) is 11.3 Å². The quantitative estimate of drug-likeness (QED) is 0.276. The summed E-state index contributed by atoms with van der Waals surface area (Å²) in [5.74, 6) is -1.40. The van der Waals surface area contributed by atoms with Crippen LogP contribution in [-0.4, -0.2) is 23.4 Å². The van der Waals surface area contributed by atoms with E-state index in [-0.39, 0.29) is 22.7 Å². The van der Waals surface area contributed by atoms with Gasteiger partial charge in [-0.05, 0) is 24.6 Å². The van der Waals surface area contributed by atoms with E-state index >= 15 is 0 Å². The van der Waals surface area contributed by atoms with E-state index in [2.05, 4.69) is 5.32 Å². The maximum atomic E-state index is 11.9. The lowest BCUT2D eigenvalue weighted by Crippen LogP contribution is -2.21. The molecule has 0 aliphatic rings. The first-order chi connectivity index (χ1) is 12.4. The molecule has 132 valence electrons. The van der Waals surface area contributed by atoms with Crippen LogP contribution >= 0.6 is 0 Å². The number of non-ortho nitro benzene ring substituents is 1. The van der Waals surface area contributed by atoms with E-state index < -0.39 is 23.4 Å². The first kappa shape index (κ1) is 18.4. The predicted octanol–water partition coefficient (Wildman–Crippen LogP) is 2.59. The summed E-state index contributed by atoms with van der Waals surface area (Å²) in [7, 11) is 0. The number of nitriles is 1. The number of nitro benzene ring substituents is 1. The Bertz CT molecular complexity index is 909. The number of hydrogen-bond acceptors (Lipinski definition) is 7. The third kappa shape index (κ3) is 4.78. The minimum Gasteiger partial charge on any atom is -0.465 e. The molecule has 9 nitrogen and oxygen atoms in total. The summed E-state index contributed by atoms with van der Waals surface area (Å²) in [4.78, 5) is 33.9. The number of carbonyl (C=O) groups excluding carboxylic acids is 2. The van der Waals surface area contributed by atoms with E-state index in [1.54, 1.807) is 25.1 Å². The zero-order valence-corrected chi connectivity index (χ0v) is 13.6. The number of esters is 1. The van der Waals surface area contributed by atoms with Gasteiger partial charge in [-0.3, -0.25) is 14.9 Å². The molecule has 1 aromatic carbocycles. The number of anilines is 1. The molecule has 1 aromatic heterocycles. The fourth-order valence-electron chi connectivity index (χ4n) is 1.91. The van der Waals surface area contributed by atoms with Crippen LogP contribution in [0.4, 0.5) is 11.4 Å². The van der Waals surface area contributed by atoms with Crippen molar-refractivity contribution in [3.63, 3.8) is 0 Å². The maximum absolute atomic E-state index is 11.9. The second-order valence-corrected chi connectivity index (χ2v) is 5.07. The van der Waals surface area contributed by atoms with Gasteiger partial charge < -0.3 is 14.5 Å². The van der Waals surface area contributed by atoms with Gasteiger partial charge in [0.15, 0.2) is 6.61 Å². The van der Waals surface area contributed by atoms with Crippen molar-refractivity contribution in [2.75, 3.05) is 11.9 Å². The summed E-state index contributed by atoms with van der Waals surface area (Å²) in [5, 5.41) is 22.2. The standard InChI is InChI=1S/C17H13N3O6/c1-11-4-5-13(20(23)24)8-15(11)19-16(21)10-26-17(22)12(9-18)7-14-3-2-6-25-14/h2-8H,10H2,1H3,(H,19,21)/b12-7+. The number of carbonyl (C=O) groups is 2. The van der Waals surface area contributed by atoms with E-state index in [9.17, 15) is 19.7 Å². The van der Waals surface area contributed by atoms with Crippen molar-refractivity contribution < 1.29 is 23.7 Å². The molecule has 0 aliphatic heterocycles. The van der Waals surface area contributed by atoms with E-state index in [1.165, 1.54) is 30.5 Å². The van der Waals surface area contributed by atoms with Gasteiger partial charge in [-0.2, -0.15) is 5.26 Å². The molecule has 0 atom stereocenters. The summed E-state index contributed by atoms with van der Waals surface area (Å²) >= 11 is 0. The molecule has 0 saturated carbocycles. The van der Waals surface area contributed by atoms with Gasteiger partial charge in [0, 0.05) is 18.2 Å². The van der Waals surface area contributed by atoms with Crippen LogP contribution in [0.25, 0.3) is 6.08 Å². The Morgan fingerprint density at radius 2 is 2.19 bits per heavy atom. The molecule has 0 spiro atoms. The van der Waals surface area contributed by atoms with Gasteiger partial charge >= 0.3 is 5.97 Å². The van der Waals surface area contributed by atoms with E-state index in [1.807, 2.05) is 0 Å². The summed E-state index contributed by atoms with van der Waals surface area (Å²) < 4.78 is 9.77. The van der Waals surface area contributed by atoms with Crippen LogP contribution in [0.5, 0.6) is 0 Å². The highest BCUT2D eigenvalue weighted by atomic mass is 16.6. The molecule has 0 aliphatic carbocycles. The van der Waals surface area contributed by atoms with E-state index in [0.717, 1.165) is 0 Å². The lowest BCUT2D eigenvalue weighted by Gasteiger charge is -2.08. The van der Waals surface area contributed by atoms with Crippen molar-refractivity contribution in [2.45, 2.75) is 6.92 Å². The van der Waals surface area contributed by atoms with Crippen LogP contribution in [0.2, 0.25) is 0 Å². The minimum atomic E-state index is -0.991. The van der Waals surface area contributed by atoms with Crippen LogP contribution < -0.4 is 5.32 Å². The SMILES string of the molecule is Cc1ccc([N+](=O)[O-])cc1NC(=O)COC(=O)/C(C#N)=C/c1ccco1. The first-order valence-corrected chi connectivity index (χ1v) is 7.28. The Kier molecular flexibility index (Phi) is 5.84. The molecule has 0 unspecified atom stereocenters. The van der Waals surface area contributed by atoms with Gasteiger partial charge in [0.05, 0.1) is 16.9 Å². The summed E-state index contributed by atoms with van der Waals surface area (Å²) in [6.45, 7) is 1.00. The van der Waals surface area contributed by atoms with Crippen LogP contribution in [-0.2, 0) is 14.3 Å². The Morgan fingerprint density at radius 3 is 2.81 bits per heavy atom. The topological polar surface area (TPSA) is 135 Å². The van der Waals surface area contributed by atoms with Gasteiger partial charge in [0.2, 0.25) is 0 Å². The van der Waals surface area contributed by atoms with Gasteiger partial charge in [0.1, 0.15) is 17.4 Å². The Balaban J connectivity index is 1.98. The number of furan rings is 1. The molecule has 1 N–H and O–H groups in total. The van der Waals surface area contributed by atoms with E-state index in [0.29, 0.717) is 5.56 Å². The normalized spacial score (nSPS) is 10.7. The lowest BCUT2D eigenvalue weighted by molar-refractivity contribution is -0.384. The largest absolute Gasteiger partial charge is 0.465 e. The fraction of sp³-hybridized carbons (Fsp3) is 0.118. The second kappa shape index (κ2) is 8.25. The number of hydrogen-bond donors (Lipinski definition) is 1. The molecule has 1 amide bonds. The molecule has 0 radical (unpaired) electrons. The highest BCUT2D eigenvalue weighted by Gasteiger charge is 2.15. The number of aryl methyl sites for hydroxylation is 1. The summed E-state index contributed by atoms with van der Waals surface area (Å²) in [6.07, 6.45) is 2.56. The number of rotatable bonds is 6. The molecular formula is C17H13N3O6. The zero-order valence-electron chi connectivity index (χ0n) is 13.6. The third-order valence-electron chi connectivity index (χ3n) is 3.21. The highest BCUT2D eigenvalue weighted by Crippen LogP contribution is 2.21. The number of nitro groups is 1. The summed E-state index contributed by atoms with van der Waals surface area (Å²) in [5.41, 5.74) is 0.313. The molecule has 1 heterocycles. The van der Waals surface area contributed by atoms with Crippen molar-refractivity contribution in [3.8, 4) is 6.07 Å². The fourth-order valence-corrected chi connectivity index (χ4v) is 1.91. The molecule has 26 heavy (non-hydrogen) atoms. The van der Waals surface area contributed by atoms with Crippen molar-refractivity contribution in [1.29, 1.82) is 5.26 Å². The number of ether oxygens (including phenoxy) is 1. The van der Waals surface area contributed by atoms with Crippen molar-refractivity contribution >= 4 is 29.3 Å². The van der Waals surface area contributed by atoms with Gasteiger partial charge in [-0.1, -0.05) is 6.07 Å². The number of nitrogens with zero attached hydrogens (tertiary/aromatic N) is 2. The maximum Gasteiger partial charge on any atom is 0.349 e. The molecule has 0 bridgehead atoms. The van der Waals surface area contributed by atoms with Crippen LogP contribution in [0, 0.1) is 28.4 Å². The molecule has 9 heteroatoms. The van der Waals surface area contributed by atoms with Crippen molar-refractivity contribution in [3.05, 3.63) is 63.6 Å². The van der Waals surface area contributed by atoms with Gasteiger partial charge in [-0.15, -0.1) is 0 Å². The van der Waals surface area contributed by atoms with Crippen LogP contribution in [0.3, 0.4) is 0 Å².